The van der Waals surface area contributed by atoms with Crippen LogP contribution in [0.3, 0.4) is 0 Å². The van der Waals surface area contributed by atoms with Gasteiger partial charge in [-0.2, -0.15) is 0 Å². The van der Waals surface area contributed by atoms with Crippen molar-refractivity contribution < 1.29 is 4.74 Å². The fourth-order valence-electron chi connectivity index (χ4n) is 3.20. The lowest BCUT2D eigenvalue weighted by molar-refractivity contribution is 0.195. The number of amidine groups is 1. The van der Waals surface area contributed by atoms with E-state index in [1.54, 1.807) is 7.11 Å². The third-order valence-electron chi connectivity index (χ3n) is 4.33. The standard InChI is InChI=1S/C18H24N6O/c1-13-22-16(6-4-10-25-2)17(23-13)18(21-12-19)24-9-7-15-14(11-24)5-3-8-20-15/h3,5,8,12,19H,4,6-7,9-11H2,1-2H3,(H,22,23). The van der Waals surface area contributed by atoms with Crippen molar-refractivity contribution in [2.45, 2.75) is 32.7 Å². The van der Waals surface area contributed by atoms with Crippen molar-refractivity contribution in [3.63, 3.8) is 0 Å². The molecule has 0 aromatic carbocycles. The van der Waals surface area contributed by atoms with Crippen LogP contribution < -0.4 is 0 Å². The predicted octanol–water partition coefficient (Wildman–Crippen LogP) is 2.10. The summed E-state index contributed by atoms with van der Waals surface area (Å²) in [5, 5.41) is 7.48. The van der Waals surface area contributed by atoms with Gasteiger partial charge < -0.3 is 14.6 Å². The molecular weight excluding hydrogens is 316 g/mol. The lowest BCUT2D eigenvalue weighted by Crippen LogP contribution is -2.37. The molecule has 0 fully saturated rings. The van der Waals surface area contributed by atoms with E-state index in [-0.39, 0.29) is 0 Å². The number of imidazole rings is 1. The number of aromatic nitrogens is 3. The van der Waals surface area contributed by atoms with E-state index >= 15 is 0 Å². The van der Waals surface area contributed by atoms with Gasteiger partial charge in [0.25, 0.3) is 0 Å². The molecule has 0 amide bonds. The zero-order valence-electron chi connectivity index (χ0n) is 14.7. The van der Waals surface area contributed by atoms with Crippen molar-refractivity contribution in [1.82, 2.24) is 19.9 Å². The van der Waals surface area contributed by atoms with Gasteiger partial charge in [-0.3, -0.25) is 10.4 Å². The zero-order chi connectivity index (χ0) is 17.6. The Bertz CT molecular complexity index is 767. The Kier molecular flexibility index (Phi) is 5.55. The number of nitrogens with one attached hydrogen (secondary N) is 2. The van der Waals surface area contributed by atoms with Gasteiger partial charge in [-0.15, -0.1) is 0 Å². The average Bonchev–Trinajstić information content (AvgIpc) is 3.00. The first kappa shape index (κ1) is 17.3. The van der Waals surface area contributed by atoms with Gasteiger partial charge in [0.2, 0.25) is 0 Å². The number of aryl methyl sites for hydroxylation is 2. The molecule has 7 nitrogen and oxygen atoms in total. The molecule has 2 aromatic heterocycles. The van der Waals surface area contributed by atoms with E-state index in [0.29, 0.717) is 6.61 Å². The molecule has 0 bridgehead atoms. The van der Waals surface area contributed by atoms with Gasteiger partial charge in [-0.25, -0.2) is 9.98 Å². The predicted molar refractivity (Wildman–Crippen MR) is 97.2 cm³/mol. The SMILES string of the molecule is COCCCc1[nH]c(C)nc1C(=NC=N)N1CCc2ncccc2C1. The Morgan fingerprint density at radius 2 is 2.40 bits per heavy atom. The van der Waals surface area contributed by atoms with E-state index < -0.39 is 0 Å². The quantitative estimate of drug-likeness (QED) is 0.479. The van der Waals surface area contributed by atoms with Crippen LogP contribution in [0, 0.1) is 12.3 Å². The van der Waals surface area contributed by atoms with Crippen LogP contribution in [-0.2, 0) is 24.1 Å². The minimum Gasteiger partial charge on any atom is -0.385 e. The molecule has 0 unspecified atom stereocenters. The molecule has 0 saturated heterocycles. The van der Waals surface area contributed by atoms with Crippen LogP contribution in [0.25, 0.3) is 0 Å². The van der Waals surface area contributed by atoms with Crippen molar-refractivity contribution >= 4 is 12.2 Å². The van der Waals surface area contributed by atoms with Gasteiger partial charge in [0, 0.05) is 50.8 Å². The average molecular weight is 340 g/mol. The maximum Gasteiger partial charge on any atom is 0.158 e. The van der Waals surface area contributed by atoms with Crippen LogP contribution in [0.5, 0.6) is 0 Å². The summed E-state index contributed by atoms with van der Waals surface area (Å²) in [6.45, 7) is 4.21. The van der Waals surface area contributed by atoms with Gasteiger partial charge in [0.05, 0.1) is 0 Å². The first-order valence-corrected chi connectivity index (χ1v) is 8.52. The summed E-state index contributed by atoms with van der Waals surface area (Å²) in [5.41, 5.74) is 4.24. The van der Waals surface area contributed by atoms with E-state index in [2.05, 4.69) is 30.9 Å². The third kappa shape index (κ3) is 3.93. The highest BCUT2D eigenvalue weighted by molar-refractivity contribution is 6.01. The van der Waals surface area contributed by atoms with Gasteiger partial charge in [-0.1, -0.05) is 6.07 Å². The highest BCUT2D eigenvalue weighted by Gasteiger charge is 2.24. The van der Waals surface area contributed by atoms with Crippen LogP contribution >= 0.6 is 0 Å². The second-order valence-electron chi connectivity index (χ2n) is 6.11. The van der Waals surface area contributed by atoms with Crippen LogP contribution in [0.1, 0.15) is 34.9 Å². The molecule has 0 radical (unpaired) electrons. The maximum absolute atomic E-state index is 7.48. The normalized spacial score (nSPS) is 14.5. The van der Waals surface area contributed by atoms with E-state index in [9.17, 15) is 0 Å². The summed E-state index contributed by atoms with van der Waals surface area (Å²) in [4.78, 5) is 19.0. The Morgan fingerprint density at radius 1 is 1.52 bits per heavy atom. The number of nitrogens with zero attached hydrogens (tertiary/aromatic N) is 4. The first-order valence-electron chi connectivity index (χ1n) is 8.52. The zero-order valence-corrected chi connectivity index (χ0v) is 14.7. The fraction of sp³-hybridized carbons (Fsp3) is 0.444. The molecule has 25 heavy (non-hydrogen) atoms. The number of fused-ring (bicyclic) bond motifs is 1. The highest BCUT2D eigenvalue weighted by Crippen LogP contribution is 2.20. The number of H-pyrrole nitrogens is 1. The summed E-state index contributed by atoms with van der Waals surface area (Å²) in [5.74, 6) is 1.61. The Hall–Kier alpha value is -2.54. The van der Waals surface area contributed by atoms with Crippen molar-refractivity contribution in [1.29, 1.82) is 5.41 Å². The smallest absolute Gasteiger partial charge is 0.158 e. The molecule has 0 spiro atoms. The molecule has 7 heteroatoms. The van der Waals surface area contributed by atoms with E-state index in [0.717, 1.165) is 67.4 Å². The molecule has 0 aliphatic carbocycles. The van der Waals surface area contributed by atoms with Crippen LogP contribution in [0.4, 0.5) is 0 Å². The van der Waals surface area contributed by atoms with Gasteiger partial charge in [0.1, 0.15) is 17.9 Å². The lowest BCUT2D eigenvalue weighted by Gasteiger charge is -2.30. The maximum atomic E-state index is 7.48. The molecule has 132 valence electrons. The lowest BCUT2D eigenvalue weighted by atomic mass is 10.0. The number of hydrogen-bond donors (Lipinski definition) is 2. The van der Waals surface area contributed by atoms with Crippen molar-refractivity contribution in [2.24, 2.45) is 4.99 Å². The summed E-state index contributed by atoms with van der Waals surface area (Å²) < 4.78 is 5.16. The number of aromatic amines is 1. The monoisotopic (exact) mass is 340 g/mol. The Balaban J connectivity index is 1.88. The number of hydrogen-bond acceptors (Lipinski definition) is 4. The van der Waals surface area contributed by atoms with Crippen molar-refractivity contribution in [3.05, 3.63) is 46.8 Å². The summed E-state index contributed by atoms with van der Waals surface area (Å²) in [6.07, 6.45) is 5.56. The molecule has 2 N–H and O–H groups in total. The van der Waals surface area contributed by atoms with E-state index in [1.807, 2.05) is 19.2 Å². The Labute approximate surface area is 147 Å². The number of methoxy groups -OCH3 is 1. The molecule has 0 saturated carbocycles. The van der Waals surface area contributed by atoms with Crippen molar-refractivity contribution in [2.75, 3.05) is 20.3 Å². The Morgan fingerprint density at radius 3 is 3.20 bits per heavy atom. The van der Waals surface area contributed by atoms with Gasteiger partial charge >= 0.3 is 0 Å². The molecule has 1 aliphatic heterocycles. The second kappa shape index (κ2) is 8.02. The van der Waals surface area contributed by atoms with Crippen LogP contribution in [0.2, 0.25) is 0 Å². The van der Waals surface area contributed by atoms with Crippen molar-refractivity contribution in [3.8, 4) is 0 Å². The summed E-state index contributed by atoms with van der Waals surface area (Å²) in [6, 6.07) is 4.07. The topological polar surface area (TPSA) is 90.2 Å². The van der Waals surface area contributed by atoms with Gasteiger partial charge in [-0.05, 0) is 31.4 Å². The first-order chi connectivity index (χ1) is 12.2. The molecule has 1 aliphatic rings. The highest BCUT2D eigenvalue weighted by atomic mass is 16.5. The molecule has 2 aromatic rings. The number of aliphatic imine (C=N–C) groups is 1. The number of pyridine rings is 1. The molecular formula is C18H24N6O. The molecule has 0 atom stereocenters. The van der Waals surface area contributed by atoms with E-state index in [4.69, 9.17) is 10.1 Å². The largest absolute Gasteiger partial charge is 0.385 e. The fourth-order valence-corrected chi connectivity index (χ4v) is 3.20. The summed E-state index contributed by atoms with van der Waals surface area (Å²) in [7, 11) is 1.71. The van der Waals surface area contributed by atoms with E-state index in [1.165, 1.54) is 5.56 Å². The number of rotatable bonds is 6. The molecule has 3 heterocycles. The number of ether oxygens (including phenoxy) is 1. The van der Waals surface area contributed by atoms with Crippen LogP contribution in [0.15, 0.2) is 23.3 Å². The second-order valence-corrected chi connectivity index (χ2v) is 6.11. The summed E-state index contributed by atoms with van der Waals surface area (Å²) >= 11 is 0. The third-order valence-corrected chi connectivity index (χ3v) is 4.33. The van der Waals surface area contributed by atoms with Gasteiger partial charge in [0.15, 0.2) is 5.84 Å². The minimum atomic E-state index is 0.706. The van der Waals surface area contributed by atoms with Crippen LogP contribution in [-0.4, -0.2) is 52.3 Å². The minimum absolute atomic E-state index is 0.706. The molecule has 3 rings (SSSR count).